The number of aliphatic hydroxyl groups is 1. The van der Waals surface area contributed by atoms with E-state index in [0.29, 0.717) is 0 Å². The van der Waals surface area contributed by atoms with Crippen LogP contribution in [0.1, 0.15) is 19.8 Å². The van der Waals surface area contributed by atoms with Gasteiger partial charge >= 0.3 is 0 Å². The number of ether oxygens (including phenoxy) is 1. The third-order valence-electron chi connectivity index (χ3n) is 1.73. The van der Waals surface area contributed by atoms with Crippen molar-refractivity contribution >= 4 is 0 Å². The fourth-order valence-corrected chi connectivity index (χ4v) is 0.908. The summed E-state index contributed by atoms with van der Waals surface area (Å²) in [6, 6.07) is 0. The molecule has 0 aromatic heterocycles. The predicted octanol–water partition coefficient (Wildman–Crippen LogP) is 0.382. The van der Waals surface area contributed by atoms with Crippen LogP contribution in [-0.4, -0.2) is 38.0 Å². The number of hydrogen-bond donors (Lipinski definition) is 2. The van der Waals surface area contributed by atoms with Gasteiger partial charge in [-0.2, -0.15) is 0 Å². The first-order chi connectivity index (χ1) is 5.20. The molecule has 3 nitrogen and oxygen atoms in total. The van der Waals surface area contributed by atoms with Crippen molar-refractivity contribution in [3.8, 4) is 0 Å². The fourth-order valence-electron chi connectivity index (χ4n) is 0.908. The van der Waals surface area contributed by atoms with Crippen molar-refractivity contribution in [2.24, 2.45) is 0 Å². The average molecular weight is 161 g/mol. The molecule has 0 aromatic carbocycles. The summed E-state index contributed by atoms with van der Waals surface area (Å²) in [5.74, 6) is 0. The zero-order valence-corrected chi connectivity index (χ0v) is 7.63. The Morgan fingerprint density at radius 3 is 2.64 bits per heavy atom. The lowest BCUT2D eigenvalue weighted by Crippen LogP contribution is -2.21. The molecule has 0 saturated heterocycles. The fraction of sp³-hybridized carbons (Fsp3) is 1.00. The summed E-state index contributed by atoms with van der Waals surface area (Å²) >= 11 is 0. The van der Waals surface area contributed by atoms with Gasteiger partial charge in [-0.05, 0) is 33.4 Å². The maximum absolute atomic E-state index is 9.36. The van der Waals surface area contributed by atoms with Crippen molar-refractivity contribution < 1.29 is 9.84 Å². The summed E-state index contributed by atoms with van der Waals surface area (Å²) < 4.78 is 5.02. The molecule has 2 N–H and O–H groups in total. The van der Waals surface area contributed by atoms with E-state index in [1.165, 1.54) is 0 Å². The molecule has 0 aliphatic rings. The van der Waals surface area contributed by atoms with Gasteiger partial charge in [-0.3, -0.25) is 0 Å². The SMILES string of the molecule is CNCCC(O)CC(C)OC. The van der Waals surface area contributed by atoms with Crippen LogP contribution in [-0.2, 0) is 4.74 Å². The number of hydrogen-bond acceptors (Lipinski definition) is 3. The minimum Gasteiger partial charge on any atom is -0.393 e. The Morgan fingerprint density at radius 1 is 1.55 bits per heavy atom. The first-order valence-corrected chi connectivity index (χ1v) is 4.06. The smallest absolute Gasteiger partial charge is 0.0577 e. The van der Waals surface area contributed by atoms with E-state index in [1.54, 1.807) is 7.11 Å². The van der Waals surface area contributed by atoms with E-state index in [1.807, 2.05) is 14.0 Å². The summed E-state index contributed by atoms with van der Waals surface area (Å²) in [5.41, 5.74) is 0. The van der Waals surface area contributed by atoms with Crippen LogP contribution in [0.2, 0.25) is 0 Å². The van der Waals surface area contributed by atoms with Crippen molar-refractivity contribution in [2.75, 3.05) is 20.7 Å². The quantitative estimate of drug-likeness (QED) is 0.592. The zero-order chi connectivity index (χ0) is 8.69. The van der Waals surface area contributed by atoms with Crippen LogP contribution in [0, 0.1) is 0 Å². The molecule has 0 radical (unpaired) electrons. The molecular formula is C8H19NO2. The van der Waals surface area contributed by atoms with Gasteiger partial charge in [-0.25, -0.2) is 0 Å². The molecule has 0 aliphatic heterocycles. The second-order valence-corrected chi connectivity index (χ2v) is 2.83. The summed E-state index contributed by atoms with van der Waals surface area (Å²) in [6.07, 6.45) is 1.43. The zero-order valence-electron chi connectivity index (χ0n) is 7.63. The molecule has 0 bridgehead atoms. The highest BCUT2D eigenvalue weighted by Gasteiger charge is 2.08. The molecule has 0 heterocycles. The topological polar surface area (TPSA) is 41.5 Å². The van der Waals surface area contributed by atoms with Crippen LogP contribution in [0.5, 0.6) is 0 Å². The van der Waals surface area contributed by atoms with E-state index in [9.17, 15) is 5.11 Å². The van der Waals surface area contributed by atoms with Gasteiger partial charge in [0.2, 0.25) is 0 Å². The van der Waals surface area contributed by atoms with Gasteiger partial charge in [0.25, 0.3) is 0 Å². The summed E-state index contributed by atoms with van der Waals surface area (Å²) in [5, 5.41) is 12.4. The normalized spacial score (nSPS) is 16.4. The van der Waals surface area contributed by atoms with Gasteiger partial charge in [0.1, 0.15) is 0 Å². The van der Waals surface area contributed by atoms with Gasteiger partial charge in [-0.1, -0.05) is 0 Å². The minimum absolute atomic E-state index is 0.154. The highest BCUT2D eigenvalue weighted by Crippen LogP contribution is 2.03. The predicted molar refractivity (Wildman–Crippen MR) is 45.6 cm³/mol. The number of methoxy groups -OCH3 is 1. The van der Waals surface area contributed by atoms with E-state index in [2.05, 4.69) is 5.32 Å². The third-order valence-corrected chi connectivity index (χ3v) is 1.73. The lowest BCUT2D eigenvalue weighted by molar-refractivity contribution is 0.0532. The second-order valence-electron chi connectivity index (χ2n) is 2.83. The van der Waals surface area contributed by atoms with Crippen molar-refractivity contribution in [1.82, 2.24) is 5.32 Å². The van der Waals surface area contributed by atoms with Crippen molar-refractivity contribution in [3.05, 3.63) is 0 Å². The first-order valence-electron chi connectivity index (χ1n) is 4.06. The Labute approximate surface area is 68.8 Å². The number of aliphatic hydroxyl groups excluding tert-OH is 1. The molecule has 11 heavy (non-hydrogen) atoms. The van der Waals surface area contributed by atoms with Gasteiger partial charge in [0.15, 0.2) is 0 Å². The molecule has 0 spiro atoms. The van der Waals surface area contributed by atoms with Crippen LogP contribution in [0.4, 0.5) is 0 Å². The minimum atomic E-state index is -0.239. The van der Waals surface area contributed by atoms with Gasteiger partial charge in [0, 0.05) is 7.11 Å². The van der Waals surface area contributed by atoms with Crippen LogP contribution in [0.25, 0.3) is 0 Å². The Hall–Kier alpha value is -0.120. The molecule has 3 heteroatoms. The van der Waals surface area contributed by atoms with Gasteiger partial charge < -0.3 is 15.2 Å². The molecule has 0 fully saturated rings. The molecule has 2 atom stereocenters. The van der Waals surface area contributed by atoms with E-state index in [4.69, 9.17) is 4.74 Å². The van der Waals surface area contributed by atoms with E-state index in [0.717, 1.165) is 19.4 Å². The molecule has 0 amide bonds. The van der Waals surface area contributed by atoms with Gasteiger partial charge in [-0.15, -0.1) is 0 Å². The molecule has 0 aromatic rings. The number of rotatable bonds is 6. The summed E-state index contributed by atoms with van der Waals surface area (Å²) in [6.45, 7) is 2.82. The molecular weight excluding hydrogens is 142 g/mol. The second kappa shape index (κ2) is 6.58. The lowest BCUT2D eigenvalue weighted by Gasteiger charge is -2.14. The maximum atomic E-state index is 9.36. The van der Waals surface area contributed by atoms with Crippen molar-refractivity contribution in [2.45, 2.75) is 32.0 Å². The van der Waals surface area contributed by atoms with Crippen molar-refractivity contribution in [3.63, 3.8) is 0 Å². The maximum Gasteiger partial charge on any atom is 0.0577 e. The van der Waals surface area contributed by atoms with Crippen LogP contribution >= 0.6 is 0 Å². The van der Waals surface area contributed by atoms with Gasteiger partial charge in [0.05, 0.1) is 12.2 Å². The molecule has 0 rings (SSSR count). The molecule has 68 valence electrons. The first kappa shape index (κ1) is 10.9. The molecule has 0 saturated carbocycles. The highest BCUT2D eigenvalue weighted by atomic mass is 16.5. The Bertz CT molecular complexity index is 88.2. The summed E-state index contributed by atoms with van der Waals surface area (Å²) in [4.78, 5) is 0. The van der Waals surface area contributed by atoms with Crippen LogP contribution < -0.4 is 5.32 Å². The Morgan fingerprint density at radius 2 is 2.18 bits per heavy atom. The summed E-state index contributed by atoms with van der Waals surface area (Å²) in [7, 11) is 3.54. The largest absolute Gasteiger partial charge is 0.393 e. The van der Waals surface area contributed by atoms with E-state index < -0.39 is 0 Å². The Kier molecular flexibility index (Phi) is 6.51. The van der Waals surface area contributed by atoms with Crippen LogP contribution in [0.15, 0.2) is 0 Å². The van der Waals surface area contributed by atoms with E-state index in [-0.39, 0.29) is 12.2 Å². The Balaban J connectivity index is 3.27. The highest BCUT2D eigenvalue weighted by molar-refractivity contribution is 4.61. The lowest BCUT2D eigenvalue weighted by atomic mass is 10.1. The van der Waals surface area contributed by atoms with E-state index >= 15 is 0 Å². The molecule has 0 aliphatic carbocycles. The average Bonchev–Trinajstić information content (AvgIpc) is 2.00. The van der Waals surface area contributed by atoms with Crippen molar-refractivity contribution in [1.29, 1.82) is 0 Å². The standard InChI is InChI=1S/C8H19NO2/c1-7(11-3)6-8(10)4-5-9-2/h7-10H,4-6H2,1-3H3. The van der Waals surface area contributed by atoms with Crippen LogP contribution in [0.3, 0.4) is 0 Å². The third kappa shape index (κ3) is 6.28. The number of nitrogens with one attached hydrogen (secondary N) is 1. The molecule has 2 unspecified atom stereocenters. The monoisotopic (exact) mass is 161 g/mol.